The molecule has 0 saturated carbocycles. The van der Waals surface area contributed by atoms with Gasteiger partial charge in [-0.25, -0.2) is 0 Å². The summed E-state index contributed by atoms with van der Waals surface area (Å²) in [6.45, 7) is 1.18. The molecule has 6 nitrogen and oxygen atoms in total. The van der Waals surface area contributed by atoms with Crippen molar-refractivity contribution in [1.29, 1.82) is 0 Å². The molecule has 0 atom stereocenters. The molecule has 4 aromatic rings. The number of carbonyl (C=O) groups is 2. The summed E-state index contributed by atoms with van der Waals surface area (Å²) < 4.78 is 6.56. The van der Waals surface area contributed by atoms with Crippen LogP contribution in [0.3, 0.4) is 0 Å². The first-order chi connectivity index (χ1) is 18.0. The van der Waals surface area contributed by atoms with Crippen molar-refractivity contribution < 1.29 is 14.3 Å². The summed E-state index contributed by atoms with van der Waals surface area (Å²) in [5.41, 5.74) is 9.98. The summed E-state index contributed by atoms with van der Waals surface area (Å²) in [7, 11) is 0. The smallest absolute Gasteiger partial charge is 0.261 e. The minimum Gasteiger partial charge on any atom is -0.484 e. The Balaban J connectivity index is 1.45. The summed E-state index contributed by atoms with van der Waals surface area (Å²) in [6, 6.07) is 31.9. The maximum Gasteiger partial charge on any atom is 0.261 e. The Hall–Kier alpha value is -3.94. The quantitative estimate of drug-likeness (QED) is 0.259. The van der Waals surface area contributed by atoms with Crippen molar-refractivity contribution in [3.05, 3.63) is 130 Å². The van der Waals surface area contributed by atoms with Crippen LogP contribution >= 0.6 is 15.9 Å². The summed E-state index contributed by atoms with van der Waals surface area (Å²) in [4.78, 5) is 27.5. The Kier molecular flexibility index (Phi) is 9.08. The zero-order valence-corrected chi connectivity index (χ0v) is 21.9. The fourth-order valence-electron chi connectivity index (χ4n) is 3.81. The highest BCUT2D eigenvalue weighted by molar-refractivity contribution is 9.10. The maximum absolute atomic E-state index is 13.2. The second-order valence-corrected chi connectivity index (χ2v) is 9.45. The van der Waals surface area contributed by atoms with E-state index in [1.165, 1.54) is 0 Å². The third-order valence-electron chi connectivity index (χ3n) is 5.73. The van der Waals surface area contributed by atoms with E-state index in [0.29, 0.717) is 36.6 Å². The molecule has 37 heavy (non-hydrogen) atoms. The van der Waals surface area contributed by atoms with E-state index in [2.05, 4.69) is 21.2 Å². The third kappa shape index (κ3) is 7.77. The fraction of sp³-hybridized carbons (Fsp3) is 0.133. The van der Waals surface area contributed by atoms with Crippen molar-refractivity contribution in [2.24, 2.45) is 5.73 Å². The van der Waals surface area contributed by atoms with Crippen molar-refractivity contribution in [2.45, 2.75) is 19.6 Å². The van der Waals surface area contributed by atoms with E-state index >= 15 is 0 Å². The second-order valence-electron chi connectivity index (χ2n) is 8.54. The monoisotopic (exact) mass is 557 g/mol. The number of anilines is 1. The highest BCUT2D eigenvalue weighted by Crippen LogP contribution is 2.18. The number of ether oxygens (including phenoxy) is 1. The molecule has 0 aliphatic carbocycles. The molecule has 4 aromatic carbocycles. The Labute approximate surface area is 225 Å². The van der Waals surface area contributed by atoms with Crippen LogP contribution < -0.4 is 15.8 Å². The summed E-state index contributed by atoms with van der Waals surface area (Å²) in [5, 5.41) is 2.91. The van der Waals surface area contributed by atoms with Gasteiger partial charge >= 0.3 is 0 Å². The molecule has 0 spiro atoms. The van der Waals surface area contributed by atoms with Gasteiger partial charge in [0, 0.05) is 35.4 Å². The van der Waals surface area contributed by atoms with Gasteiger partial charge in [0.2, 0.25) is 0 Å². The van der Waals surface area contributed by atoms with Crippen LogP contribution in [0.25, 0.3) is 0 Å². The van der Waals surface area contributed by atoms with Crippen LogP contribution in [0, 0.1) is 0 Å². The molecule has 7 heteroatoms. The summed E-state index contributed by atoms with van der Waals surface area (Å²) in [6.07, 6.45) is 0. The number of carbonyl (C=O) groups excluding carboxylic acids is 2. The molecule has 0 fully saturated rings. The molecule has 0 unspecified atom stereocenters. The van der Waals surface area contributed by atoms with Gasteiger partial charge in [0.15, 0.2) is 6.61 Å². The van der Waals surface area contributed by atoms with Crippen molar-refractivity contribution in [1.82, 2.24) is 4.90 Å². The second kappa shape index (κ2) is 12.9. The molecule has 188 valence electrons. The van der Waals surface area contributed by atoms with E-state index < -0.39 is 0 Å². The molecular formula is C30H28BrN3O3. The van der Waals surface area contributed by atoms with Crippen LogP contribution in [0.4, 0.5) is 5.69 Å². The van der Waals surface area contributed by atoms with Gasteiger partial charge < -0.3 is 20.7 Å². The molecule has 2 amide bonds. The molecular weight excluding hydrogens is 530 g/mol. The summed E-state index contributed by atoms with van der Waals surface area (Å²) in [5.74, 6) is 0.323. The maximum atomic E-state index is 13.2. The molecule has 0 bridgehead atoms. The Bertz CT molecular complexity index is 1340. The lowest BCUT2D eigenvalue weighted by atomic mass is 10.1. The van der Waals surface area contributed by atoms with E-state index in [-0.39, 0.29) is 18.4 Å². The van der Waals surface area contributed by atoms with Crippen LogP contribution in [0.15, 0.2) is 108 Å². The first-order valence-corrected chi connectivity index (χ1v) is 12.7. The Morgan fingerprint density at radius 1 is 0.784 bits per heavy atom. The van der Waals surface area contributed by atoms with Gasteiger partial charge in [0.05, 0.1) is 0 Å². The van der Waals surface area contributed by atoms with E-state index in [1.807, 2.05) is 91.0 Å². The van der Waals surface area contributed by atoms with Gasteiger partial charge in [-0.15, -0.1) is 0 Å². The van der Waals surface area contributed by atoms with Gasteiger partial charge in [-0.1, -0.05) is 76.6 Å². The van der Waals surface area contributed by atoms with Crippen molar-refractivity contribution in [2.75, 3.05) is 11.9 Å². The fourth-order valence-corrected chi connectivity index (χ4v) is 4.21. The lowest BCUT2D eigenvalue weighted by molar-refractivity contribution is -0.134. The molecule has 0 aliphatic heterocycles. The number of nitrogens with two attached hydrogens (primary N) is 1. The van der Waals surface area contributed by atoms with E-state index in [0.717, 1.165) is 21.2 Å². The van der Waals surface area contributed by atoms with Crippen molar-refractivity contribution in [3.8, 4) is 5.75 Å². The normalized spacial score (nSPS) is 10.5. The Morgan fingerprint density at radius 2 is 1.49 bits per heavy atom. The number of benzene rings is 4. The van der Waals surface area contributed by atoms with Gasteiger partial charge in [-0.2, -0.15) is 0 Å². The molecule has 0 radical (unpaired) electrons. The van der Waals surface area contributed by atoms with Crippen LogP contribution in [-0.2, 0) is 24.4 Å². The van der Waals surface area contributed by atoms with Gasteiger partial charge in [0.1, 0.15) is 5.75 Å². The number of para-hydroxylation sites is 1. The molecule has 0 heterocycles. The topological polar surface area (TPSA) is 84.7 Å². The highest BCUT2D eigenvalue weighted by atomic mass is 79.9. The molecule has 0 saturated heterocycles. The van der Waals surface area contributed by atoms with Crippen molar-refractivity contribution >= 4 is 33.4 Å². The van der Waals surface area contributed by atoms with Crippen LogP contribution in [0.2, 0.25) is 0 Å². The Morgan fingerprint density at radius 3 is 2.22 bits per heavy atom. The number of halogens is 1. The number of nitrogens with zero attached hydrogens (tertiary/aromatic N) is 1. The number of rotatable bonds is 10. The highest BCUT2D eigenvalue weighted by Gasteiger charge is 2.16. The third-order valence-corrected chi connectivity index (χ3v) is 6.22. The number of hydrogen-bond acceptors (Lipinski definition) is 4. The molecule has 4 rings (SSSR count). The average Bonchev–Trinajstić information content (AvgIpc) is 2.93. The summed E-state index contributed by atoms with van der Waals surface area (Å²) >= 11 is 3.39. The minimum absolute atomic E-state index is 0.0681. The standard InChI is InChI=1S/C30H28BrN3O3/c31-26-9-5-8-25(17-26)30(36)33-27-14-12-22(13-15-27)19-34(20-24-7-4-6-23(16-24)18-32)29(35)21-37-28-10-2-1-3-11-28/h1-17H,18-21,32H2,(H,33,36). The molecule has 0 aromatic heterocycles. The number of hydrogen-bond donors (Lipinski definition) is 2. The zero-order valence-electron chi connectivity index (χ0n) is 20.3. The van der Waals surface area contributed by atoms with Gasteiger partial charge in [-0.3, -0.25) is 9.59 Å². The van der Waals surface area contributed by atoms with Gasteiger partial charge in [0.25, 0.3) is 11.8 Å². The van der Waals surface area contributed by atoms with E-state index in [9.17, 15) is 9.59 Å². The first kappa shape index (κ1) is 26.1. The van der Waals surface area contributed by atoms with Crippen LogP contribution in [0.5, 0.6) is 5.75 Å². The lowest BCUT2D eigenvalue weighted by Crippen LogP contribution is -2.34. The first-order valence-electron chi connectivity index (χ1n) is 11.9. The lowest BCUT2D eigenvalue weighted by Gasteiger charge is -2.24. The molecule has 0 aliphatic rings. The zero-order chi connectivity index (χ0) is 26.0. The SMILES string of the molecule is NCc1cccc(CN(Cc2ccc(NC(=O)c3cccc(Br)c3)cc2)C(=O)COc2ccccc2)c1. The van der Waals surface area contributed by atoms with Crippen molar-refractivity contribution in [3.63, 3.8) is 0 Å². The minimum atomic E-state index is -0.191. The number of nitrogens with one attached hydrogen (secondary N) is 1. The predicted molar refractivity (Wildman–Crippen MR) is 149 cm³/mol. The van der Waals surface area contributed by atoms with E-state index in [4.69, 9.17) is 10.5 Å². The van der Waals surface area contributed by atoms with Gasteiger partial charge in [-0.05, 0) is 59.2 Å². The van der Waals surface area contributed by atoms with Crippen LogP contribution in [0.1, 0.15) is 27.0 Å². The van der Waals surface area contributed by atoms with E-state index in [1.54, 1.807) is 17.0 Å². The average molecular weight is 558 g/mol. The van der Waals surface area contributed by atoms with Crippen LogP contribution in [-0.4, -0.2) is 23.3 Å². The predicted octanol–water partition coefficient (Wildman–Crippen LogP) is 5.77. The number of amides is 2. The molecule has 3 N–H and O–H groups in total. The largest absolute Gasteiger partial charge is 0.484 e.